The van der Waals surface area contributed by atoms with Gasteiger partial charge < -0.3 is 4.98 Å². The lowest BCUT2D eigenvalue weighted by Crippen LogP contribution is -2.04. The quantitative estimate of drug-likeness (QED) is 0.800. The van der Waals surface area contributed by atoms with Crippen molar-refractivity contribution in [3.8, 4) is 0 Å². The van der Waals surface area contributed by atoms with Crippen molar-refractivity contribution in [1.29, 1.82) is 0 Å². The average Bonchev–Trinajstić information content (AvgIpc) is 2.81. The SMILES string of the molecule is Cc1ccc(S(=O)(=O)Cc2c[nH]c3cc(C)ccc23)cc1. The van der Waals surface area contributed by atoms with Gasteiger partial charge in [-0.1, -0.05) is 29.8 Å². The second-order valence-corrected chi connectivity index (χ2v) is 7.42. The fourth-order valence-corrected chi connectivity index (χ4v) is 3.82. The van der Waals surface area contributed by atoms with Crippen LogP contribution in [0.2, 0.25) is 0 Å². The summed E-state index contributed by atoms with van der Waals surface area (Å²) in [4.78, 5) is 3.52. The van der Waals surface area contributed by atoms with E-state index in [9.17, 15) is 8.42 Å². The van der Waals surface area contributed by atoms with Crippen LogP contribution < -0.4 is 0 Å². The maximum Gasteiger partial charge on any atom is 0.182 e. The first-order valence-corrected chi connectivity index (χ1v) is 8.47. The normalized spacial score (nSPS) is 11.9. The Labute approximate surface area is 124 Å². The Bertz CT molecular complexity index is 890. The van der Waals surface area contributed by atoms with Gasteiger partial charge in [-0.25, -0.2) is 8.42 Å². The molecule has 0 aliphatic rings. The molecule has 0 bridgehead atoms. The third-order valence-corrected chi connectivity index (χ3v) is 5.33. The summed E-state index contributed by atoms with van der Waals surface area (Å²) in [7, 11) is -3.32. The number of aryl methyl sites for hydroxylation is 2. The highest BCUT2D eigenvalue weighted by Crippen LogP contribution is 2.24. The van der Waals surface area contributed by atoms with Crippen molar-refractivity contribution in [2.75, 3.05) is 0 Å². The molecule has 0 amide bonds. The number of sulfone groups is 1. The summed E-state index contributed by atoms with van der Waals surface area (Å²) in [5, 5.41) is 0.969. The topological polar surface area (TPSA) is 49.9 Å². The minimum atomic E-state index is -3.32. The van der Waals surface area contributed by atoms with Gasteiger partial charge in [-0.05, 0) is 43.2 Å². The maximum atomic E-state index is 12.5. The number of H-pyrrole nitrogens is 1. The lowest BCUT2D eigenvalue weighted by atomic mass is 10.1. The zero-order chi connectivity index (χ0) is 15.0. The van der Waals surface area contributed by atoms with Gasteiger partial charge in [0.2, 0.25) is 0 Å². The molecule has 0 saturated carbocycles. The zero-order valence-corrected chi connectivity index (χ0v) is 12.9. The Kier molecular flexibility index (Phi) is 3.33. The lowest BCUT2D eigenvalue weighted by molar-refractivity contribution is 0.595. The number of fused-ring (bicyclic) bond motifs is 1. The number of hydrogen-bond acceptors (Lipinski definition) is 2. The highest BCUT2D eigenvalue weighted by Gasteiger charge is 2.17. The molecule has 0 unspecified atom stereocenters. The number of aromatic nitrogens is 1. The highest BCUT2D eigenvalue weighted by molar-refractivity contribution is 7.90. The third kappa shape index (κ3) is 2.72. The fraction of sp³-hybridized carbons (Fsp3) is 0.176. The fourth-order valence-electron chi connectivity index (χ4n) is 2.45. The van der Waals surface area contributed by atoms with Crippen LogP contribution in [0.3, 0.4) is 0 Å². The van der Waals surface area contributed by atoms with E-state index in [0.29, 0.717) is 4.90 Å². The second kappa shape index (κ2) is 5.04. The van der Waals surface area contributed by atoms with Crippen molar-refractivity contribution >= 4 is 20.7 Å². The molecular formula is C17H17NO2S. The summed E-state index contributed by atoms with van der Waals surface area (Å²) in [5.74, 6) is 0.0130. The van der Waals surface area contributed by atoms with Crippen LogP contribution in [0.5, 0.6) is 0 Å². The van der Waals surface area contributed by atoms with Gasteiger partial charge in [0.15, 0.2) is 9.84 Å². The van der Waals surface area contributed by atoms with E-state index in [1.165, 1.54) is 0 Å². The summed E-state index contributed by atoms with van der Waals surface area (Å²) in [6.45, 7) is 3.96. The van der Waals surface area contributed by atoms with Crippen LogP contribution in [0.25, 0.3) is 10.9 Å². The first kappa shape index (κ1) is 13.9. The summed E-state index contributed by atoms with van der Waals surface area (Å²) < 4.78 is 25.0. The van der Waals surface area contributed by atoms with Crippen LogP contribution in [0.4, 0.5) is 0 Å². The predicted octanol–water partition coefficient (Wildman–Crippen LogP) is 3.76. The molecule has 21 heavy (non-hydrogen) atoms. The molecule has 3 aromatic rings. The van der Waals surface area contributed by atoms with E-state index < -0.39 is 9.84 Å². The Balaban J connectivity index is 1.99. The third-order valence-electron chi connectivity index (χ3n) is 3.65. The Morgan fingerprint density at radius 1 is 0.952 bits per heavy atom. The summed E-state index contributed by atoms with van der Waals surface area (Å²) in [6, 6.07) is 13.0. The largest absolute Gasteiger partial charge is 0.361 e. The average molecular weight is 299 g/mol. The van der Waals surface area contributed by atoms with Gasteiger partial charge in [-0.2, -0.15) is 0 Å². The van der Waals surface area contributed by atoms with E-state index in [1.54, 1.807) is 18.3 Å². The summed E-state index contributed by atoms with van der Waals surface area (Å²) >= 11 is 0. The first-order valence-electron chi connectivity index (χ1n) is 6.82. The van der Waals surface area contributed by atoms with Gasteiger partial charge in [0, 0.05) is 17.1 Å². The summed E-state index contributed by atoms with van der Waals surface area (Å²) in [5.41, 5.74) is 3.99. The highest BCUT2D eigenvalue weighted by atomic mass is 32.2. The van der Waals surface area contributed by atoms with E-state index in [-0.39, 0.29) is 5.75 Å². The van der Waals surface area contributed by atoms with Crippen LogP contribution in [0, 0.1) is 13.8 Å². The van der Waals surface area contributed by atoms with Gasteiger partial charge in [-0.15, -0.1) is 0 Å². The molecule has 1 aromatic heterocycles. The van der Waals surface area contributed by atoms with E-state index in [2.05, 4.69) is 4.98 Å². The van der Waals surface area contributed by atoms with Gasteiger partial charge in [-0.3, -0.25) is 0 Å². The Morgan fingerprint density at radius 2 is 1.62 bits per heavy atom. The summed E-state index contributed by atoms with van der Waals surface area (Å²) in [6.07, 6.45) is 1.79. The predicted molar refractivity (Wildman–Crippen MR) is 85.1 cm³/mol. The van der Waals surface area contributed by atoms with Crippen molar-refractivity contribution < 1.29 is 8.42 Å². The molecule has 0 fully saturated rings. The van der Waals surface area contributed by atoms with Crippen LogP contribution in [0.1, 0.15) is 16.7 Å². The molecule has 0 spiro atoms. The molecule has 3 rings (SSSR count). The standard InChI is InChI=1S/C17H17NO2S/c1-12-3-6-15(7-4-12)21(19,20)11-14-10-18-17-9-13(2)5-8-16(14)17/h3-10,18H,11H2,1-2H3. The monoisotopic (exact) mass is 299 g/mol. The molecule has 4 heteroatoms. The molecule has 0 radical (unpaired) electrons. The minimum absolute atomic E-state index is 0.0130. The zero-order valence-electron chi connectivity index (χ0n) is 12.1. The maximum absolute atomic E-state index is 12.5. The molecule has 1 heterocycles. The molecular weight excluding hydrogens is 282 g/mol. The van der Waals surface area contributed by atoms with E-state index >= 15 is 0 Å². The molecule has 3 nitrogen and oxygen atoms in total. The van der Waals surface area contributed by atoms with Crippen molar-refractivity contribution in [1.82, 2.24) is 4.98 Å². The Hall–Kier alpha value is -2.07. The molecule has 108 valence electrons. The smallest absolute Gasteiger partial charge is 0.182 e. The molecule has 0 aliphatic carbocycles. The van der Waals surface area contributed by atoms with Crippen molar-refractivity contribution in [3.05, 3.63) is 65.4 Å². The Morgan fingerprint density at radius 3 is 2.33 bits per heavy atom. The second-order valence-electron chi connectivity index (χ2n) is 5.44. The molecule has 0 aliphatic heterocycles. The van der Waals surface area contributed by atoms with Gasteiger partial charge in [0.05, 0.1) is 10.6 Å². The van der Waals surface area contributed by atoms with Crippen LogP contribution in [0.15, 0.2) is 53.6 Å². The first-order chi connectivity index (χ1) is 9.95. The van der Waals surface area contributed by atoms with Crippen molar-refractivity contribution in [2.45, 2.75) is 24.5 Å². The number of hydrogen-bond donors (Lipinski definition) is 1. The van der Waals surface area contributed by atoms with Gasteiger partial charge in [0.25, 0.3) is 0 Å². The van der Waals surface area contributed by atoms with Crippen LogP contribution >= 0.6 is 0 Å². The molecule has 2 aromatic carbocycles. The lowest BCUT2D eigenvalue weighted by Gasteiger charge is -2.04. The number of rotatable bonds is 3. The van der Waals surface area contributed by atoms with E-state index in [4.69, 9.17) is 0 Å². The van der Waals surface area contributed by atoms with Crippen molar-refractivity contribution in [3.63, 3.8) is 0 Å². The molecule has 0 atom stereocenters. The van der Waals surface area contributed by atoms with Crippen molar-refractivity contribution in [2.24, 2.45) is 0 Å². The van der Waals surface area contributed by atoms with E-state index in [0.717, 1.165) is 27.6 Å². The van der Waals surface area contributed by atoms with Gasteiger partial charge >= 0.3 is 0 Å². The number of nitrogens with one attached hydrogen (secondary N) is 1. The van der Waals surface area contributed by atoms with Gasteiger partial charge in [0.1, 0.15) is 0 Å². The number of benzene rings is 2. The van der Waals surface area contributed by atoms with Crippen LogP contribution in [-0.2, 0) is 15.6 Å². The molecule has 0 saturated heterocycles. The number of aromatic amines is 1. The minimum Gasteiger partial charge on any atom is -0.361 e. The van der Waals surface area contributed by atoms with E-state index in [1.807, 2.05) is 44.2 Å². The van der Waals surface area contributed by atoms with Crippen LogP contribution in [-0.4, -0.2) is 13.4 Å². The molecule has 1 N–H and O–H groups in total.